The zero-order valence-electron chi connectivity index (χ0n) is 19.8. The van der Waals surface area contributed by atoms with Crippen LogP contribution in [0.1, 0.15) is 58.3 Å². The molecule has 1 amide bonds. The molecule has 0 aliphatic rings. The molecule has 0 aliphatic heterocycles. The van der Waals surface area contributed by atoms with Gasteiger partial charge in [0.1, 0.15) is 18.9 Å². The molecular weight excluding hydrogens is 424 g/mol. The summed E-state index contributed by atoms with van der Waals surface area (Å²) in [6, 6.07) is 5.30. The molecule has 0 radical (unpaired) electrons. The molecule has 0 unspecified atom stereocenters. The standard InChI is InChI=1S/C23H30N6O4/c1-13-14(2)20-27-28(22(24)29(20)26-19(13)21(32)25-6)12-18(31)15-9-16(23(3,4)5)11-17(10-15)33-8-7-30/h9-11,24,30H,7-8,12H2,1-6H3,(H,25,32). The number of aliphatic hydroxyl groups excluding tert-OH is 1. The molecular formula is C23H30N6O4. The molecule has 176 valence electrons. The van der Waals surface area contributed by atoms with E-state index in [9.17, 15) is 9.59 Å². The highest BCUT2D eigenvalue weighted by Gasteiger charge is 2.21. The van der Waals surface area contributed by atoms with E-state index in [0.29, 0.717) is 28.1 Å². The van der Waals surface area contributed by atoms with Crippen LogP contribution in [-0.2, 0) is 12.0 Å². The molecule has 3 N–H and O–H groups in total. The molecule has 0 spiro atoms. The number of rotatable bonds is 7. The van der Waals surface area contributed by atoms with Gasteiger partial charge >= 0.3 is 0 Å². The highest BCUT2D eigenvalue weighted by atomic mass is 16.5. The first-order valence-electron chi connectivity index (χ1n) is 10.6. The summed E-state index contributed by atoms with van der Waals surface area (Å²) >= 11 is 0. The topological polar surface area (TPSA) is 135 Å². The molecule has 0 saturated carbocycles. The van der Waals surface area contributed by atoms with E-state index in [4.69, 9.17) is 15.3 Å². The van der Waals surface area contributed by atoms with Gasteiger partial charge < -0.3 is 15.2 Å². The van der Waals surface area contributed by atoms with Gasteiger partial charge in [-0.15, -0.1) is 5.10 Å². The number of fused-ring (bicyclic) bond motifs is 1. The van der Waals surface area contributed by atoms with Gasteiger partial charge in [-0.25, -0.2) is 4.68 Å². The van der Waals surface area contributed by atoms with E-state index in [2.05, 4.69) is 15.5 Å². The maximum Gasteiger partial charge on any atom is 0.271 e. The van der Waals surface area contributed by atoms with Crippen molar-refractivity contribution in [3.05, 3.63) is 51.8 Å². The number of aromatic nitrogens is 4. The molecule has 0 bridgehead atoms. The predicted molar refractivity (Wildman–Crippen MR) is 122 cm³/mol. The summed E-state index contributed by atoms with van der Waals surface area (Å²) in [6.45, 7) is 9.48. The van der Waals surface area contributed by atoms with Gasteiger partial charge in [-0.2, -0.15) is 9.61 Å². The van der Waals surface area contributed by atoms with Crippen molar-refractivity contribution in [1.82, 2.24) is 24.7 Å². The fraction of sp³-hybridized carbons (Fsp3) is 0.435. The van der Waals surface area contributed by atoms with Crippen LogP contribution in [0.3, 0.4) is 0 Å². The number of aryl methyl sites for hydroxylation is 1. The minimum Gasteiger partial charge on any atom is -0.491 e. The van der Waals surface area contributed by atoms with E-state index in [1.54, 1.807) is 19.9 Å². The second-order valence-electron chi connectivity index (χ2n) is 8.89. The number of amides is 1. The zero-order chi connectivity index (χ0) is 24.5. The van der Waals surface area contributed by atoms with Crippen LogP contribution in [0.2, 0.25) is 0 Å². The molecule has 2 aromatic heterocycles. The monoisotopic (exact) mass is 454 g/mol. The number of ketones is 1. The molecule has 3 aromatic rings. The lowest BCUT2D eigenvalue weighted by molar-refractivity contribution is 0.0950. The number of hydrogen-bond acceptors (Lipinski definition) is 7. The van der Waals surface area contributed by atoms with Crippen LogP contribution in [0.15, 0.2) is 18.2 Å². The normalized spacial score (nSPS) is 11.6. The summed E-state index contributed by atoms with van der Waals surface area (Å²) < 4.78 is 8.10. The maximum absolute atomic E-state index is 13.2. The molecule has 10 nitrogen and oxygen atoms in total. The Kier molecular flexibility index (Phi) is 6.68. The lowest BCUT2D eigenvalue weighted by Crippen LogP contribution is -2.28. The smallest absolute Gasteiger partial charge is 0.271 e. The molecule has 0 fully saturated rings. The Morgan fingerprint density at radius 3 is 2.45 bits per heavy atom. The van der Waals surface area contributed by atoms with Crippen molar-refractivity contribution < 1.29 is 19.4 Å². The van der Waals surface area contributed by atoms with Crippen LogP contribution < -0.4 is 15.7 Å². The van der Waals surface area contributed by atoms with Crippen molar-refractivity contribution in [1.29, 1.82) is 5.41 Å². The number of carbonyl (C=O) groups is 2. The average molecular weight is 455 g/mol. The lowest BCUT2D eigenvalue weighted by Gasteiger charge is -2.21. The van der Waals surface area contributed by atoms with Gasteiger partial charge in [0.05, 0.1) is 6.61 Å². The summed E-state index contributed by atoms with van der Waals surface area (Å²) in [6.07, 6.45) is 0. The van der Waals surface area contributed by atoms with Crippen molar-refractivity contribution in [3.8, 4) is 5.75 Å². The Bertz CT molecular complexity index is 1280. The first-order valence-corrected chi connectivity index (χ1v) is 10.6. The lowest BCUT2D eigenvalue weighted by atomic mass is 9.85. The van der Waals surface area contributed by atoms with Crippen LogP contribution in [-0.4, -0.2) is 56.5 Å². The molecule has 10 heteroatoms. The first kappa shape index (κ1) is 24.1. The summed E-state index contributed by atoms with van der Waals surface area (Å²) in [7, 11) is 1.52. The van der Waals surface area contributed by atoms with Gasteiger partial charge in [-0.3, -0.25) is 15.0 Å². The van der Waals surface area contributed by atoms with Crippen LogP contribution in [0.4, 0.5) is 0 Å². The number of Topliss-reactive ketones (excluding diaryl/α,β-unsaturated/α-hetero) is 1. The number of ether oxygens (including phenoxy) is 1. The molecule has 0 saturated heterocycles. The Morgan fingerprint density at radius 1 is 1.15 bits per heavy atom. The Balaban J connectivity index is 2.03. The van der Waals surface area contributed by atoms with Gasteiger partial charge in [0, 0.05) is 18.2 Å². The van der Waals surface area contributed by atoms with Gasteiger partial charge in [-0.1, -0.05) is 20.8 Å². The second-order valence-corrected chi connectivity index (χ2v) is 8.89. The average Bonchev–Trinajstić information content (AvgIpc) is 3.08. The van der Waals surface area contributed by atoms with E-state index >= 15 is 0 Å². The maximum atomic E-state index is 13.2. The van der Waals surface area contributed by atoms with Crippen LogP contribution >= 0.6 is 0 Å². The Labute approximate surface area is 191 Å². The van der Waals surface area contributed by atoms with E-state index < -0.39 is 0 Å². The summed E-state index contributed by atoms with van der Waals surface area (Å²) in [5, 5.41) is 28.8. The van der Waals surface area contributed by atoms with Crippen LogP contribution in [0.25, 0.3) is 5.65 Å². The van der Waals surface area contributed by atoms with E-state index in [1.807, 2.05) is 32.9 Å². The van der Waals surface area contributed by atoms with Crippen LogP contribution in [0, 0.1) is 19.3 Å². The Morgan fingerprint density at radius 2 is 1.85 bits per heavy atom. The number of nitrogens with zero attached hydrogens (tertiary/aromatic N) is 4. The summed E-state index contributed by atoms with van der Waals surface area (Å²) in [4.78, 5) is 25.4. The third-order valence-electron chi connectivity index (χ3n) is 5.50. The summed E-state index contributed by atoms with van der Waals surface area (Å²) in [5.74, 6) is -0.116. The Hall–Kier alpha value is -3.53. The molecule has 2 heterocycles. The zero-order valence-corrected chi connectivity index (χ0v) is 19.8. The SMILES string of the molecule is CNC(=O)c1nn2c(=N)n(CC(=O)c3cc(OCCO)cc(C(C)(C)C)c3)nc2c(C)c1C. The number of benzene rings is 1. The molecule has 33 heavy (non-hydrogen) atoms. The third kappa shape index (κ3) is 4.80. The van der Waals surface area contributed by atoms with Gasteiger partial charge in [0.15, 0.2) is 17.1 Å². The number of nitrogens with one attached hydrogen (secondary N) is 2. The van der Waals surface area contributed by atoms with Crippen molar-refractivity contribution >= 4 is 17.3 Å². The van der Waals surface area contributed by atoms with Crippen molar-refractivity contribution in [2.45, 2.75) is 46.6 Å². The second kappa shape index (κ2) is 9.14. The fourth-order valence-electron chi connectivity index (χ4n) is 3.37. The fourth-order valence-corrected chi connectivity index (χ4v) is 3.37. The van der Waals surface area contributed by atoms with E-state index in [0.717, 1.165) is 5.56 Å². The number of aliphatic hydroxyl groups is 1. The highest BCUT2D eigenvalue weighted by molar-refractivity contribution is 5.96. The van der Waals surface area contributed by atoms with Crippen LogP contribution in [0.5, 0.6) is 5.75 Å². The van der Waals surface area contributed by atoms with Gasteiger partial charge in [0.2, 0.25) is 5.62 Å². The van der Waals surface area contributed by atoms with Gasteiger partial charge in [-0.05, 0) is 48.6 Å². The highest BCUT2D eigenvalue weighted by Crippen LogP contribution is 2.28. The van der Waals surface area contributed by atoms with Crippen molar-refractivity contribution in [2.24, 2.45) is 0 Å². The predicted octanol–water partition coefficient (Wildman–Crippen LogP) is 1.54. The summed E-state index contributed by atoms with van der Waals surface area (Å²) in [5.41, 5.74) is 2.98. The largest absolute Gasteiger partial charge is 0.491 e. The molecule has 0 atom stereocenters. The third-order valence-corrected chi connectivity index (χ3v) is 5.50. The first-order chi connectivity index (χ1) is 15.5. The molecule has 3 rings (SSSR count). The van der Waals surface area contributed by atoms with E-state index in [1.165, 1.54) is 16.2 Å². The number of hydrogen-bond donors (Lipinski definition) is 3. The van der Waals surface area contributed by atoms with E-state index in [-0.39, 0.29) is 48.2 Å². The number of carbonyl (C=O) groups excluding carboxylic acids is 2. The van der Waals surface area contributed by atoms with Crippen molar-refractivity contribution in [2.75, 3.05) is 20.3 Å². The van der Waals surface area contributed by atoms with Crippen molar-refractivity contribution in [3.63, 3.8) is 0 Å². The minimum atomic E-state index is -0.359. The minimum absolute atomic E-state index is 0.115. The van der Waals surface area contributed by atoms with Gasteiger partial charge in [0.25, 0.3) is 5.91 Å². The molecule has 0 aliphatic carbocycles. The quantitative estimate of drug-likeness (QED) is 0.464. The molecule has 1 aromatic carbocycles.